The van der Waals surface area contributed by atoms with Crippen LogP contribution in [0.5, 0.6) is 0 Å². The Hall–Kier alpha value is -1.47. The molecule has 7 heteroatoms. The molecular formula is C14H12F5NS. The standard InChI is InChI=1S/C14H12F5NS/c1-3-20-13(14-6(2)4-5-21-14)7-8(15)10(17)12(19)11(18)9(7)16/h4-5,13,20H,3H2,1-2H3. The fourth-order valence-electron chi connectivity index (χ4n) is 2.09. The molecule has 21 heavy (non-hydrogen) atoms. The highest BCUT2D eigenvalue weighted by molar-refractivity contribution is 7.10. The molecule has 1 aromatic carbocycles. The van der Waals surface area contributed by atoms with Crippen molar-refractivity contribution in [2.45, 2.75) is 19.9 Å². The molecule has 1 N–H and O–H groups in total. The first-order valence-corrected chi connectivity index (χ1v) is 7.06. The van der Waals surface area contributed by atoms with Crippen molar-refractivity contribution in [2.24, 2.45) is 0 Å². The van der Waals surface area contributed by atoms with Gasteiger partial charge in [0.25, 0.3) is 0 Å². The van der Waals surface area contributed by atoms with Crippen LogP contribution in [0.3, 0.4) is 0 Å². The second-order valence-corrected chi connectivity index (χ2v) is 5.39. The van der Waals surface area contributed by atoms with Gasteiger partial charge in [-0.15, -0.1) is 11.3 Å². The SMILES string of the molecule is CCNC(c1sccc1C)c1c(F)c(F)c(F)c(F)c1F. The summed E-state index contributed by atoms with van der Waals surface area (Å²) in [7, 11) is 0. The lowest BCUT2D eigenvalue weighted by Crippen LogP contribution is -2.25. The summed E-state index contributed by atoms with van der Waals surface area (Å²) < 4.78 is 67.7. The van der Waals surface area contributed by atoms with Crippen LogP contribution in [0.2, 0.25) is 0 Å². The van der Waals surface area contributed by atoms with Crippen molar-refractivity contribution in [3.8, 4) is 0 Å². The first-order valence-electron chi connectivity index (χ1n) is 6.18. The van der Waals surface area contributed by atoms with Gasteiger partial charge in [0, 0.05) is 4.88 Å². The van der Waals surface area contributed by atoms with Gasteiger partial charge in [0.15, 0.2) is 23.3 Å². The second kappa shape index (κ2) is 6.11. The Morgan fingerprint density at radius 3 is 1.95 bits per heavy atom. The van der Waals surface area contributed by atoms with E-state index in [1.807, 2.05) is 0 Å². The van der Waals surface area contributed by atoms with E-state index in [2.05, 4.69) is 5.32 Å². The Kier molecular flexibility index (Phi) is 4.63. The van der Waals surface area contributed by atoms with E-state index in [9.17, 15) is 22.0 Å². The van der Waals surface area contributed by atoms with Crippen LogP contribution in [-0.2, 0) is 0 Å². The molecule has 0 aliphatic rings. The van der Waals surface area contributed by atoms with Gasteiger partial charge in [0.05, 0.1) is 11.6 Å². The monoisotopic (exact) mass is 321 g/mol. The quantitative estimate of drug-likeness (QED) is 0.498. The third-order valence-electron chi connectivity index (χ3n) is 3.10. The molecular weight excluding hydrogens is 309 g/mol. The molecule has 114 valence electrons. The summed E-state index contributed by atoms with van der Waals surface area (Å²) in [6, 6.07) is 0.635. The molecule has 0 radical (unpaired) electrons. The molecule has 0 aliphatic heterocycles. The number of hydrogen-bond acceptors (Lipinski definition) is 2. The molecule has 0 saturated heterocycles. The molecule has 1 aromatic heterocycles. The third kappa shape index (κ3) is 2.67. The molecule has 2 rings (SSSR count). The van der Waals surface area contributed by atoms with E-state index < -0.39 is 40.7 Å². The fourth-order valence-corrected chi connectivity index (χ4v) is 3.10. The van der Waals surface area contributed by atoms with Gasteiger partial charge in [0.2, 0.25) is 5.82 Å². The summed E-state index contributed by atoms with van der Waals surface area (Å²) in [6.45, 7) is 3.70. The predicted octanol–water partition coefficient (Wildman–Crippen LogP) is 4.45. The highest BCUT2D eigenvalue weighted by Gasteiger charge is 2.31. The topological polar surface area (TPSA) is 12.0 Å². The maximum Gasteiger partial charge on any atom is 0.200 e. The molecule has 1 atom stereocenters. The average Bonchev–Trinajstić information content (AvgIpc) is 2.88. The van der Waals surface area contributed by atoms with Crippen molar-refractivity contribution in [2.75, 3.05) is 6.54 Å². The van der Waals surface area contributed by atoms with Gasteiger partial charge in [-0.05, 0) is 30.5 Å². The molecule has 0 spiro atoms. The lowest BCUT2D eigenvalue weighted by molar-refractivity contribution is 0.363. The minimum absolute atomic E-state index is 0.307. The van der Waals surface area contributed by atoms with Crippen LogP contribution in [0.25, 0.3) is 0 Å². The maximum absolute atomic E-state index is 13.9. The van der Waals surface area contributed by atoms with Crippen LogP contribution in [0.4, 0.5) is 22.0 Å². The molecule has 0 aliphatic carbocycles. The Labute approximate surface area is 122 Å². The van der Waals surface area contributed by atoms with E-state index in [1.165, 1.54) is 11.3 Å². The summed E-state index contributed by atoms with van der Waals surface area (Å²) in [5.41, 5.74) is -0.131. The van der Waals surface area contributed by atoms with E-state index in [-0.39, 0.29) is 0 Å². The zero-order chi connectivity index (χ0) is 15.7. The zero-order valence-corrected chi connectivity index (χ0v) is 12.1. The van der Waals surface area contributed by atoms with E-state index >= 15 is 0 Å². The number of aryl methyl sites for hydroxylation is 1. The van der Waals surface area contributed by atoms with Gasteiger partial charge >= 0.3 is 0 Å². The summed E-state index contributed by atoms with van der Waals surface area (Å²) in [5, 5.41) is 4.47. The molecule has 1 unspecified atom stereocenters. The van der Waals surface area contributed by atoms with Gasteiger partial charge in [-0.1, -0.05) is 6.92 Å². The number of benzene rings is 1. The van der Waals surface area contributed by atoms with Crippen molar-refractivity contribution in [1.29, 1.82) is 0 Å². The summed E-state index contributed by atoms with van der Waals surface area (Å²) in [6.07, 6.45) is 0. The second-order valence-electron chi connectivity index (χ2n) is 4.44. The van der Waals surface area contributed by atoms with Crippen LogP contribution in [0.1, 0.15) is 29.0 Å². The Morgan fingerprint density at radius 2 is 1.52 bits per heavy atom. The maximum atomic E-state index is 13.9. The average molecular weight is 321 g/mol. The van der Waals surface area contributed by atoms with Crippen LogP contribution < -0.4 is 5.32 Å². The molecule has 0 fully saturated rings. The Balaban J connectivity index is 2.70. The number of halogens is 5. The number of thiophene rings is 1. The highest BCUT2D eigenvalue weighted by Crippen LogP contribution is 2.35. The first-order chi connectivity index (χ1) is 9.90. The summed E-state index contributed by atoms with van der Waals surface area (Å²) >= 11 is 1.19. The molecule has 0 amide bonds. The summed E-state index contributed by atoms with van der Waals surface area (Å²) in [4.78, 5) is 0.514. The van der Waals surface area contributed by atoms with Gasteiger partial charge < -0.3 is 5.32 Å². The van der Waals surface area contributed by atoms with Crippen molar-refractivity contribution in [1.82, 2.24) is 5.32 Å². The van der Waals surface area contributed by atoms with E-state index in [0.29, 0.717) is 11.4 Å². The predicted molar refractivity (Wildman–Crippen MR) is 70.8 cm³/mol. The Bertz CT molecular complexity index is 639. The van der Waals surface area contributed by atoms with Crippen molar-refractivity contribution in [3.63, 3.8) is 0 Å². The number of nitrogens with one attached hydrogen (secondary N) is 1. The van der Waals surface area contributed by atoms with E-state index in [4.69, 9.17) is 0 Å². The molecule has 1 nitrogen and oxygen atoms in total. The Morgan fingerprint density at radius 1 is 1.00 bits per heavy atom. The van der Waals surface area contributed by atoms with Gasteiger partial charge in [-0.25, -0.2) is 22.0 Å². The molecule has 1 heterocycles. The van der Waals surface area contributed by atoms with E-state index in [1.54, 1.807) is 25.3 Å². The zero-order valence-electron chi connectivity index (χ0n) is 11.2. The number of rotatable bonds is 4. The molecule has 2 aromatic rings. The van der Waals surface area contributed by atoms with Gasteiger partial charge in [0.1, 0.15) is 0 Å². The molecule has 0 bridgehead atoms. The van der Waals surface area contributed by atoms with Crippen LogP contribution in [-0.4, -0.2) is 6.54 Å². The van der Waals surface area contributed by atoms with Crippen molar-refractivity contribution < 1.29 is 22.0 Å². The van der Waals surface area contributed by atoms with Crippen molar-refractivity contribution >= 4 is 11.3 Å². The van der Waals surface area contributed by atoms with Crippen molar-refractivity contribution in [3.05, 3.63) is 56.5 Å². The number of hydrogen-bond donors (Lipinski definition) is 1. The minimum atomic E-state index is -2.15. The van der Waals surface area contributed by atoms with Gasteiger partial charge in [-0.2, -0.15) is 0 Å². The lowest BCUT2D eigenvalue weighted by atomic mass is 10.0. The normalized spacial score (nSPS) is 12.7. The van der Waals surface area contributed by atoms with Gasteiger partial charge in [-0.3, -0.25) is 0 Å². The lowest BCUT2D eigenvalue weighted by Gasteiger charge is -2.20. The smallest absolute Gasteiger partial charge is 0.200 e. The highest BCUT2D eigenvalue weighted by atomic mass is 32.1. The third-order valence-corrected chi connectivity index (χ3v) is 4.19. The fraction of sp³-hybridized carbons (Fsp3) is 0.286. The molecule has 0 saturated carbocycles. The van der Waals surface area contributed by atoms with Crippen LogP contribution in [0, 0.1) is 36.0 Å². The largest absolute Gasteiger partial charge is 0.306 e. The van der Waals surface area contributed by atoms with Crippen LogP contribution >= 0.6 is 11.3 Å². The van der Waals surface area contributed by atoms with E-state index in [0.717, 1.165) is 5.56 Å². The van der Waals surface area contributed by atoms with Crippen LogP contribution in [0.15, 0.2) is 11.4 Å². The minimum Gasteiger partial charge on any atom is -0.306 e. The first kappa shape index (κ1) is 15.9. The summed E-state index contributed by atoms with van der Waals surface area (Å²) in [5.74, 6) is -9.61.